The van der Waals surface area contributed by atoms with Gasteiger partial charge < -0.3 is 5.32 Å². The monoisotopic (exact) mass is 359 g/mol. The first kappa shape index (κ1) is 13.4. The van der Waals surface area contributed by atoms with Gasteiger partial charge in [0, 0.05) is 45.3 Å². The largest absolute Gasteiger partial charge is 0.309 e. The number of hydrogen-bond acceptors (Lipinski definition) is 4. The summed E-state index contributed by atoms with van der Waals surface area (Å²) in [5, 5.41) is 5.70. The SMILES string of the molecule is Brc1ccc(-c2ncc(CNC3CC3)s2)c2ncccc12. The molecule has 5 heteroatoms. The summed E-state index contributed by atoms with van der Waals surface area (Å²) >= 11 is 5.34. The minimum atomic E-state index is 0.728. The molecule has 0 unspecified atom stereocenters. The number of nitrogens with zero attached hydrogens (tertiary/aromatic N) is 2. The summed E-state index contributed by atoms with van der Waals surface area (Å²) in [6.45, 7) is 0.921. The Balaban J connectivity index is 1.70. The summed E-state index contributed by atoms with van der Waals surface area (Å²) in [6, 6.07) is 8.94. The summed E-state index contributed by atoms with van der Waals surface area (Å²) in [4.78, 5) is 10.4. The van der Waals surface area contributed by atoms with Crippen molar-refractivity contribution in [1.82, 2.24) is 15.3 Å². The second-order valence-electron chi connectivity index (χ2n) is 5.28. The molecule has 0 spiro atoms. The van der Waals surface area contributed by atoms with E-state index in [9.17, 15) is 0 Å². The third kappa shape index (κ3) is 2.73. The number of thiazole rings is 1. The van der Waals surface area contributed by atoms with Gasteiger partial charge >= 0.3 is 0 Å². The number of nitrogens with one attached hydrogen (secondary N) is 1. The predicted octanol–water partition coefficient (Wildman–Crippen LogP) is 4.37. The second-order valence-corrected chi connectivity index (χ2v) is 7.25. The van der Waals surface area contributed by atoms with Crippen LogP contribution in [0.25, 0.3) is 21.5 Å². The van der Waals surface area contributed by atoms with Gasteiger partial charge in [-0.3, -0.25) is 4.98 Å². The third-order valence-corrected chi connectivity index (χ3v) is 5.36. The molecule has 0 saturated heterocycles. The number of aromatic nitrogens is 2. The highest BCUT2D eigenvalue weighted by Gasteiger charge is 2.20. The van der Waals surface area contributed by atoms with Gasteiger partial charge in [0.05, 0.1) is 5.52 Å². The molecule has 1 N–H and O–H groups in total. The molecule has 1 aliphatic carbocycles. The molecule has 0 bridgehead atoms. The second kappa shape index (κ2) is 5.48. The van der Waals surface area contributed by atoms with Crippen molar-refractivity contribution in [1.29, 1.82) is 0 Å². The van der Waals surface area contributed by atoms with Crippen molar-refractivity contribution in [3.8, 4) is 10.6 Å². The normalized spacial score (nSPS) is 14.7. The topological polar surface area (TPSA) is 37.8 Å². The Hall–Kier alpha value is -1.30. The summed E-state index contributed by atoms with van der Waals surface area (Å²) in [7, 11) is 0. The molecule has 1 aliphatic rings. The Labute approximate surface area is 135 Å². The highest BCUT2D eigenvalue weighted by atomic mass is 79.9. The van der Waals surface area contributed by atoms with Crippen LogP contribution in [0.4, 0.5) is 0 Å². The molecule has 0 radical (unpaired) electrons. The smallest absolute Gasteiger partial charge is 0.125 e. The van der Waals surface area contributed by atoms with Crippen LogP contribution in [0.1, 0.15) is 17.7 Å². The number of fused-ring (bicyclic) bond motifs is 1. The zero-order valence-corrected chi connectivity index (χ0v) is 13.7. The molecule has 2 aromatic heterocycles. The summed E-state index contributed by atoms with van der Waals surface area (Å²) in [5.74, 6) is 0. The van der Waals surface area contributed by atoms with Gasteiger partial charge in [0.25, 0.3) is 0 Å². The Morgan fingerprint density at radius 2 is 2.14 bits per heavy atom. The van der Waals surface area contributed by atoms with E-state index in [0.717, 1.165) is 38.5 Å². The van der Waals surface area contributed by atoms with Crippen LogP contribution in [0.5, 0.6) is 0 Å². The average Bonchev–Trinajstić information content (AvgIpc) is 3.23. The van der Waals surface area contributed by atoms with Crippen molar-refractivity contribution in [2.75, 3.05) is 0 Å². The minimum Gasteiger partial charge on any atom is -0.309 e. The number of halogens is 1. The lowest BCUT2D eigenvalue weighted by Crippen LogP contribution is -2.14. The highest BCUT2D eigenvalue weighted by molar-refractivity contribution is 9.10. The van der Waals surface area contributed by atoms with Crippen molar-refractivity contribution in [2.45, 2.75) is 25.4 Å². The molecule has 106 valence electrons. The van der Waals surface area contributed by atoms with Crippen molar-refractivity contribution >= 4 is 38.2 Å². The van der Waals surface area contributed by atoms with Crippen LogP contribution < -0.4 is 5.32 Å². The molecule has 0 aliphatic heterocycles. The number of hydrogen-bond donors (Lipinski definition) is 1. The molecule has 2 heterocycles. The van der Waals surface area contributed by atoms with Gasteiger partial charge in [0.1, 0.15) is 5.01 Å². The minimum absolute atomic E-state index is 0.728. The van der Waals surface area contributed by atoms with Crippen molar-refractivity contribution < 1.29 is 0 Å². The fourth-order valence-corrected chi connectivity index (χ4v) is 3.70. The molecule has 0 amide bonds. The van der Waals surface area contributed by atoms with Crippen molar-refractivity contribution in [3.63, 3.8) is 0 Å². The fraction of sp³-hybridized carbons (Fsp3) is 0.250. The number of rotatable bonds is 4. The van der Waals surface area contributed by atoms with E-state index in [1.807, 2.05) is 18.5 Å². The first-order chi connectivity index (χ1) is 10.3. The van der Waals surface area contributed by atoms with Crippen LogP contribution in [-0.4, -0.2) is 16.0 Å². The van der Waals surface area contributed by atoms with Crippen LogP contribution in [0.2, 0.25) is 0 Å². The molecule has 3 nitrogen and oxygen atoms in total. The van der Waals surface area contributed by atoms with E-state index in [1.54, 1.807) is 11.3 Å². The Morgan fingerprint density at radius 1 is 1.24 bits per heavy atom. The van der Waals surface area contributed by atoms with Crippen LogP contribution in [0.3, 0.4) is 0 Å². The quantitative estimate of drug-likeness (QED) is 0.751. The maximum atomic E-state index is 4.59. The number of benzene rings is 1. The third-order valence-electron chi connectivity index (χ3n) is 3.64. The predicted molar refractivity (Wildman–Crippen MR) is 90.4 cm³/mol. The fourth-order valence-electron chi connectivity index (χ4n) is 2.36. The van der Waals surface area contributed by atoms with Crippen molar-refractivity contribution in [3.05, 3.63) is 46.0 Å². The molecular weight excluding hydrogens is 346 g/mol. The maximum Gasteiger partial charge on any atom is 0.125 e. The van der Waals surface area contributed by atoms with Gasteiger partial charge in [-0.2, -0.15) is 0 Å². The molecular formula is C16H14BrN3S. The maximum absolute atomic E-state index is 4.59. The molecule has 1 aromatic carbocycles. The van der Waals surface area contributed by atoms with Crippen molar-refractivity contribution in [2.24, 2.45) is 0 Å². The van der Waals surface area contributed by atoms with Gasteiger partial charge in [-0.05, 0) is 31.0 Å². The van der Waals surface area contributed by atoms with Crippen LogP contribution in [0.15, 0.2) is 41.1 Å². The standard InChI is InChI=1S/C16H14BrN3S/c17-14-6-5-13(15-12(14)2-1-7-18-15)16-20-9-11(21-16)8-19-10-3-4-10/h1-2,5-7,9-10,19H,3-4,8H2. The van der Waals surface area contributed by atoms with E-state index in [1.165, 1.54) is 17.7 Å². The lowest BCUT2D eigenvalue weighted by Gasteiger charge is -2.04. The Morgan fingerprint density at radius 3 is 3.00 bits per heavy atom. The van der Waals surface area contributed by atoms with Crippen LogP contribution in [0, 0.1) is 0 Å². The van der Waals surface area contributed by atoms with Crippen LogP contribution >= 0.6 is 27.3 Å². The zero-order chi connectivity index (χ0) is 14.2. The Bertz CT molecular complexity index is 795. The molecule has 0 atom stereocenters. The van der Waals surface area contributed by atoms with E-state index in [4.69, 9.17) is 0 Å². The van der Waals surface area contributed by atoms with E-state index in [2.05, 4.69) is 49.4 Å². The van der Waals surface area contributed by atoms with Gasteiger partial charge in [-0.15, -0.1) is 11.3 Å². The van der Waals surface area contributed by atoms with Crippen LogP contribution in [-0.2, 0) is 6.54 Å². The van der Waals surface area contributed by atoms with Gasteiger partial charge in [0.2, 0.25) is 0 Å². The number of pyridine rings is 1. The summed E-state index contributed by atoms with van der Waals surface area (Å²) < 4.78 is 1.07. The van der Waals surface area contributed by atoms with Gasteiger partial charge in [-0.25, -0.2) is 4.98 Å². The Kier molecular flexibility index (Phi) is 3.49. The van der Waals surface area contributed by atoms with Gasteiger partial charge in [-0.1, -0.05) is 22.0 Å². The summed E-state index contributed by atoms with van der Waals surface area (Å²) in [6.07, 6.45) is 6.44. The summed E-state index contributed by atoms with van der Waals surface area (Å²) in [5.41, 5.74) is 2.11. The molecule has 3 aromatic rings. The van der Waals surface area contributed by atoms with E-state index >= 15 is 0 Å². The van der Waals surface area contributed by atoms with Gasteiger partial charge in [0.15, 0.2) is 0 Å². The van der Waals surface area contributed by atoms with E-state index in [0.29, 0.717) is 0 Å². The lowest BCUT2D eigenvalue weighted by molar-refractivity contribution is 0.694. The molecule has 1 fully saturated rings. The van der Waals surface area contributed by atoms with E-state index < -0.39 is 0 Å². The highest BCUT2D eigenvalue weighted by Crippen LogP contribution is 2.34. The van der Waals surface area contributed by atoms with E-state index in [-0.39, 0.29) is 0 Å². The molecule has 1 saturated carbocycles. The first-order valence-electron chi connectivity index (χ1n) is 7.03. The average molecular weight is 360 g/mol. The molecule has 21 heavy (non-hydrogen) atoms. The zero-order valence-electron chi connectivity index (χ0n) is 11.3. The first-order valence-corrected chi connectivity index (χ1v) is 8.64. The molecule has 4 rings (SSSR count). The lowest BCUT2D eigenvalue weighted by atomic mass is 10.1.